The fraction of sp³-hybridized carbons (Fsp3) is 0. The molecule has 0 fully saturated rings. The molecular weight excluding hydrogens is 745 g/mol. The average molecular weight is 779 g/mol. The lowest BCUT2D eigenvalue weighted by molar-refractivity contribution is 0.673. The predicted octanol–water partition coefficient (Wildman–Crippen LogP) is 14.7. The number of nitrogens with zero attached hydrogens (tertiary/aromatic N) is 4. The summed E-state index contributed by atoms with van der Waals surface area (Å²) in [5, 5.41) is 7.70. The van der Waals surface area contributed by atoms with Crippen LogP contribution in [0.15, 0.2) is 211 Å². The molecule has 0 radical (unpaired) electrons. The molecule has 0 aliphatic rings. The number of furan rings is 1. The predicted molar refractivity (Wildman–Crippen MR) is 252 cm³/mol. The summed E-state index contributed by atoms with van der Waals surface area (Å²) in [4.78, 5) is 10.8. The number of para-hydroxylation sites is 3. The van der Waals surface area contributed by atoms with Crippen molar-refractivity contribution >= 4 is 76.5 Å². The summed E-state index contributed by atoms with van der Waals surface area (Å²) in [6.45, 7) is 0. The van der Waals surface area contributed by atoms with Crippen LogP contribution in [-0.2, 0) is 0 Å². The lowest BCUT2D eigenvalue weighted by Gasteiger charge is -2.12. The second-order valence-electron chi connectivity index (χ2n) is 15.7. The standard InChI is InChI=1S/C56H34N4O/c1-3-13-35(14-4-1)37-23-25-39(26-24-37)54-43-18-7-10-20-45(43)57-56(58-54)60-46-21-11-8-19-44(46)51-47(60)33-34-48-52(51)53-49(32-31-42-41-17-9-12-22-50(41)61-55(42)53)59(48)40-29-27-38(28-30-40)36-15-5-2-6-16-36/h1-34H. The fourth-order valence-electron chi connectivity index (χ4n) is 9.59. The van der Waals surface area contributed by atoms with Gasteiger partial charge in [-0.2, -0.15) is 0 Å². The number of fused-ring (bicyclic) bond motifs is 12. The zero-order chi connectivity index (χ0) is 40.0. The fourth-order valence-corrected chi connectivity index (χ4v) is 9.59. The van der Waals surface area contributed by atoms with Gasteiger partial charge in [-0.15, -0.1) is 0 Å². The van der Waals surface area contributed by atoms with Gasteiger partial charge in [-0.25, -0.2) is 9.97 Å². The van der Waals surface area contributed by atoms with Crippen molar-refractivity contribution < 1.29 is 4.42 Å². The molecular formula is C56H34N4O. The summed E-state index contributed by atoms with van der Waals surface area (Å²) in [6, 6.07) is 73.0. The molecule has 13 rings (SSSR count). The number of aromatic nitrogens is 4. The van der Waals surface area contributed by atoms with Crippen molar-refractivity contribution in [2.45, 2.75) is 0 Å². The van der Waals surface area contributed by atoms with Crippen LogP contribution in [0.25, 0.3) is 122 Å². The quantitative estimate of drug-likeness (QED) is 0.175. The molecule has 9 aromatic carbocycles. The summed E-state index contributed by atoms with van der Waals surface area (Å²) >= 11 is 0. The van der Waals surface area contributed by atoms with E-state index in [-0.39, 0.29) is 0 Å². The van der Waals surface area contributed by atoms with Gasteiger partial charge in [0.15, 0.2) is 0 Å². The Bertz CT molecular complexity index is 3840. The molecule has 4 heterocycles. The molecule has 0 atom stereocenters. The zero-order valence-electron chi connectivity index (χ0n) is 32.8. The molecule has 61 heavy (non-hydrogen) atoms. The van der Waals surface area contributed by atoms with Crippen LogP contribution in [0.2, 0.25) is 0 Å². The van der Waals surface area contributed by atoms with Crippen molar-refractivity contribution in [1.29, 1.82) is 0 Å². The van der Waals surface area contributed by atoms with Gasteiger partial charge in [-0.05, 0) is 76.9 Å². The number of hydrogen-bond acceptors (Lipinski definition) is 3. The van der Waals surface area contributed by atoms with Gasteiger partial charge in [-0.3, -0.25) is 4.57 Å². The Kier molecular flexibility index (Phi) is 7.24. The van der Waals surface area contributed by atoms with E-state index in [0.717, 1.165) is 93.4 Å². The number of hydrogen-bond donors (Lipinski definition) is 0. The van der Waals surface area contributed by atoms with E-state index < -0.39 is 0 Å². The molecule has 0 bridgehead atoms. The van der Waals surface area contributed by atoms with E-state index in [1.54, 1.807) is 0 Å². The van der Waals surface area contributed by atoms with Crippen LogP contribution in [-0.4, -0.2) is 19.1 Å². The van der Waals surface area contributed by atoms with E-state index in [4.69, 9.17) is 14.4 Å². The summed E-state index contributed by atoms with van der Waals surface area (Å²) < 4.78 is 11.5. The van der Waals surface area contributed by atoms with Crippen molar-refractivity contribution in [3.05, 3.63) is 206 Å². The molecule has 5 heteroatoms. The third-order valence-corrected chi connectivity index (χ3v) is 12.4. The van der Waals surface area contributed by atoms with Gasteiger partial charge in [0.2, 0.25) is 5.95 Å². The molecule has 5 nitrogen and oxygen atoms in total. The Balaban J connectivity index is 1.10. The zero-order valence-corrected chi connectivity index (χ0v) is 32.8. The van der Waals surface area contributed by atoms with Gasteiger partial charge in [0.05, 0.1) is 38.7 Å². The first kappa shape index (κ1) is 33.7. The Morgan fingerprint density at radius 1 is 0.328 bits per heavy atom. The van der Waals surface area contributed by atoms with Crippen molar-refractivity contribution in [1.82, 2.24) is 19.1 Å². The first-order valence-electron chi connectivity index (χ1n) is 20.7. The van der Waals surface area contributed by atoms with Crippen molar-refractivity contribution in [2.24, 2.45) is 0 Å². The van der Waals surface area contributed by atoms with E-state index in [2.05, 4.69) is 203 Å². The smallest absolute Gasteiger partial charge is 0.235 e. The van der Waals surface area contributed by atoms with Crippen LogP contribution in [0, 0.1) is 0 Å². The number of benzene rings is 9. The molecule has 0 saturated carbocycles. The molecule has 13 aromatic rings. The first-order chi connectivity index (χ1) is 30.3. The minimum atomic E-state index is 0.625. The van der Waals surface area contributed by atoms with E-state index in [1.807, 2.05) is 12.1 Å². The molecule has 0 aliphatic heterocycles. The maximum absolute atomic E-state index is 6.86. The second kappa shape index (κ2) is 13.1. The minimum absolute atomic E-state index is 0.625. The minimum Gasteiger partial charge on any atom is -0.455 e. The van der Waals surface area contributed by atoms with E-state index in [1.165, 1.54) is 22.3 Å². The highest BCUT2D eigenvalue weighted by atomic mass is 16.3. The van der Waals surface area contributed by atoms with Crippen molar-refractivity contribution in [2.75, 3.05) is 0 Å². The normalized spacial score (nSPS) is 11.9. The SMILES string of the molecule is c1ccc(-c2ccc(-c3nc(-n4c5ccccc5c5c6c7c8oc9ccccc9c8ccc7n(-c7ccc(-c8ccccc8)cc7)c6ccc54)nc4ccccc34)cc2)cc1. The van der Waals surface area contributed by atoms with Crippen LogP contribution in [0.5, 0.6) is 0 Å². The van der Waals surface area contributed by atoms with E-state index in [0.29, 0.717) is 5.95 Å². The lowest BCUT2D eigenvalue weighted by atomic mass is 10.0. The summed E-state index contributed by atoms with van der Waals surface area (Å²) in [5.41, 5.74) is 14.6. The van der Waals surface area contributed by atoms with Crippen LogP contribution < -0.4 is 0 Å². The van der Waals surface area contributed by atoms with Crippen LogP contribution in [0.1, 0.15) is 0 Å². The average Bonchev–Trinajstić information content (AvgIpc) is 4.00. The topological polar surface area (TPSA) is 48.8 Å². The van der Waals surface area contributed by atoms with Gasteiger partial charge in [0, 0.05) is 43.6 Å². The third-order valence-electron chi connectivity index (χ3n) is 12.4. The van der Waals surface area contributed by atoms with Gasteiger partial charge in [0.1, 0.15) is 11.2 Å². The molecule has 0 spiro atoms. The molecule has 284 valence electrons. The van der Waals surface area contributed by atoms with Crippen molar-refractivity contribution in [3.63, 3.8) is 0 Å². The van der Waals surface area contributed by atoms with Gasteiger partial charge in [-0.1, -0.05) is 152 Å². The highest BCUT2D eigenvalue weighted by molar-refractivity contribution is 6.34. The molecule has 0 saturated heterocycles. The van der Waals surface area contributed by atoms with E-state index in [9.17, 15) is 0 Å². The van der Waals surface area contributed by atoms with E-state index >= 15 is 0 Å². The summed E-state index contributed by atoms with van der Waals surface area (Å²) in [7, 11) is 0. The molecule has 0 N–H and O–H groups in total. The lowest BCUT2D eigenvalue weighted by Crippen LogP contribution is -2.03. The Labute approximate surface area is 350 Å². The summed E-state index contributed by atoms with van der Waals surface area (Å²) in [6.07, 6.45) is 0. The second-order valence-corrected chi connectivity index (χ2v) is 15.7. The van der Waals surface area contributed by atoms with Gasteiger partial charge >= 0.3 is 0 Å². The molecule has 0 amide bonds. The van der Waals surface area contributed by atoms with Crippen LogP contribution in [0.4, 0.5) is 0 Å². The molecule has 4 aromatic heterocycles. The maximum Gasteiger partial charge on any atom is 0.235 e. The van der Waals surface area contributed by atoms with Crippen LogP contribution in [0.3, 0.4) is 0 Å². The third kappa shape index (κ3) is 5.08. The Hall–Kier alpha value is -8.28. The van der Waals surface area contributed by atoms with Gasteiger partial charge < -0.3 is 8.98 Å². The van der Waals surface area contributed by atoms with Crippen LogP contribution >= 0.6 is 0 Å². The molecule has 0 unspecified atom stereocenters. The number of rotatable bonds is 5. The van der Waals surface area contributed by atoms with Gasteiger partial charge in [0.25, 0.3) is 0 Å². The maximum atomic E-state index is 6.86. The Morgan fingerprint density at radius 3 is 1.61 bits per heavy atom. The molecule has 0 aliphatic carbocycles. The highest BCUT2D eigenvalue weighted by Crippen LogP contribution is 2.46. The first-order valence-corrected chi connectivity index (χ1v) is 20.7. The highest BCUT2D eigenvalue weighted by Gasteiger charge is 2.25. The Morgan fingerprint density at radius 2 is 0.869 bits per heavy atom. The van der Waals surface area contributed by atoms with Crippen molar-refractivity contribution in [3.8, 4) is 45.1 Å². The summed E-state index contributed by atoms with van der Waals surface area (Å²) in [5.74, 6) is 0.625. The largest absolute Gasteiger partial charge is 0.455 e. The monoisotopic (exact) mass is 778 g/mol.